The van der Waals surface area contributed by atoms with Crippen molar-refractivity contribution in [3.63, 3.8) is 0 Å². The maximum atomic E-state index is 5.91. The summed E-state index contributed by atoms with van der Waals surface area (Å²) in [5.41, 5.74) is 8.76. The van der Waals surface area contributed by atoms with Crippen LogP contribution in [0.4, 0.5) is 5.82 Å². The van der Waals surface area contributed by atoms with Gasteiger partial charge < -0.3 is 10.6 Å². The molecule has 19 heavy (non-hydrogen) atoms. The van der Waals surface area contributed by atoms with Gasteiger partial charge in [0.05, 0.1) is 11.3 Å². The molecule has 4 nitrogen and oxygen atoms in total. The van der Waals surface area contributed by atoms with Crippen LogP contribution in [0.1, 0.15) is 49.4 Å². The highest BCUT2D eigenvalue weighted by molar-refractivity contribution is 7.80. The van der Waals surface area contributed by atoms with Crippen molar-refractivity contribution >= 4 is 23.0 Å². The van der Waals surface area contributed by atoms with E-state index >= 15 is 0 Å². The van der Waals surface area contributed by atoms with Gasteiger partial charge in [0.1, 0.15) is 4.99 Å². The third kappa shape index (κ3) is 2.71. The minimum Gasteiger partial charge on any atom is -0.389 e. The molecule has 1 aliphatic carbocycles. The first kappa shape index (κ1) is 14.2. The van der Waals surface area contributed by atoms with E-state index in [1.807, 2.05) is 13.8 Å². The van der Waals surface area contributed by atoms with Crippen LogP contribution in [0.25, 0.3) is 0 Å². The average Bonchev–Trinajstić information content (AvgIpc) is 2.88. The highest BCUT2D eigenvalue weighted by atomic mass is 32.1. The Balaban J connectivity index is 2.47. The Labute approximate surface area is 120 Å². The first-order valence-electron chi connectivity index (χ1n) is 6.96. The molecule has 2 N–H and O–H groups in total. The lowest BCUT2D eigenvalue weighted by molar-refractivity contribution is 0.607. The van der Waals surface area contributed by atoms with Gasteiger partial charge >= 0.3 is 0 Å². The summed E-state index contributed by atoms with van der Waals surface area (Å²) in [6.07, 6.45) is 5.03. The van der Waals surface area contributed by atoms with Gasteiger partial charge in [-0.2, -0.15) is 5.10 Å². The van der Waals surface area contributed by atoms with Gasteiger partial charge in [-0.3, -0.25) is 0 Å². The first-order chi connectivity index (χ1) is 9.06. The second kappa shape index (κ2) is 5.82. The number of nitrogens with two attached hydrogens (primary N) is 1. The molecule has 1 fully saturated rings. The number of anilines is 1. The highest BCUT2D eigenvalue weighted by Crippen LogP contribution is 2.30. The SMILES string of the molecule is CCN(c1nnc(C)c(C)c1C(N)=S)C1CCCC1. The molecule has 0 aliphatic heterocycles. The monoisotopic (exact) mass is 278 g/mol. The topological polar surface area (TPSA) is 55.0 Å². The number of aromatic nitrogens is 2. The van der Waals surface area contributed by atoms with E-state index in [1.54, 1.807) is 0 Å². The van der Waals surface area contributed by atoms with Gasteiger partial charge in [0.2, 0.25) is 0 Å². The van der Waals surface area contributed by atoms with Crippen molar-refractivity contribution in [1.82, 2.24) is 10.2 Å². The minimum absolute atomic E-state index is 0.418. The standard InChI is InChI=1S/C14H22N4S/c1-4-18(11-7-5-6-8-11)14-12(13(15)19)9(2)10(3)16-17-14/h11H,4-8H2,1-3H3,(H2,15,19). The minimum atomic E-state index is 0.418. The van der Waals surface area contributed by atoms with Crippen molar-refractivity contribution < 1.29 is 0 Å². The molecule has 1 aromatic rings. The third-order valence-electron chi connectivity index (χ3n) is 4.06. The Bertz CT molecular complexity index is 481. The molecule has 5 heteroatoms. The molecule has 1 heterocycles. The highest BCUT2D eigenvalue weighted by Gasteiger charge is 2.26. The van der Waals surface area contributed by atoms with Gasteiger partial charge in [0, 0.05) is 12.6 Å². The Kier molecular flexibility index (Phi) is 4.34. The molecule has 0 unspecified atom stereocenters. The zero-order chi connectivity index (χ0) is 14.0. The molecule has 1 saturated carbocycles. The third-order valence-corrected chi connectivity index (χ3v) is 4.26. The number of aryl methyl sites for hydroxylation is 1. The van der Waals surface area contributed by atoms with Crippen molar-refractivity contribution in [2.75, 3.05) is 11.4 Å². The Morgan fingerprint density at radius 2 is 1.95 bits per heavy atom. The van der Waals surface area contributed by atoms with E-state index in [9.17, 15) is 0 Å². The summed E-state index contributed by atoms with van der Waals surface area (Å²) >= 11 is 5.22. The van der Waals surface area contributed by atoms with Gasteiger partial charge in [-0.25, -0.2) is 0 Å². The van der Waals surface area contributed by atoms with Crippen LogP contribution in [-0.2, 0) is 0 Å². The van der Waals surface area contributed by atoms with Crippen LogP contribution in [-0.4, -0.2) is 27.8 Å². The fourth-order valence-corrected chi connectivity index (χ4v) is 3.13. The maximum Gasteiger partial charge on any atom is 0.162 e. The number of hydrogen-bond donors (Lipinski definition) is 1. The molecule has 2 rings (SSSR count). The molecule has 0 bridgehead atoms. The molecule has 1 aliphatic rings. The lowest BCUT2D eigenvalue weighted by atomic mass is 10.1. The van der Waals surface area contributed by atoms with Crippen molar-refractivity contribution in [3.8, 4) is 0 Å². The lowest BCUT2D eigenvalue weighted by Crippen LogP contribution is -2.36. The molecule has 0 saturated heterocycles. The first-order valence-corrected chi connectivity index (χ1v) is 7.37. The van der Waals surface area contributed by atoms with E-state index < -0.39 is 0 Å². The summed E-state index contributed by atoms with van der Waals surface area (Å²) < 4.78 is 0. The van der Waals surface area contributed by atoms with E-state index in [4.69, 9.17) is 18.0 Å². The van der Waals surface area contributed by atoms with Gasteiger partial charge in [-0.15, -0.1) is 5.10 Å². The number of thiocarbonyl (C=S) groups is 1. The quantitative estimate of drug-likeness (QED) is 0.858. The van der Waals surface area contributed by atoms with E-state index in [0.717, 1.165) is 29.2 Å². The summed E-state index contributed by atoms with van der Waals surface area (Å²) in [4.78, 5) is 2.74. The zero-order valence-corrected chi connectivity index (χ0v) is 12.8. The van der Waals surface area contributed by atoms with E-state index in [1.165, 1.54) is 25.7 Å². The predicted molar refractivity (Wildman–Crippen MR) is 82.7 cm³/mol. The van der Waals surface area contributed by atoms with Crippen LogP contribution >= 0.6 is 12.2 Å². The predicted octanol–water partition coefficient (Wildman–Crippen LogP) is 2.50. The van der Waals surface area contributed by atoms with E-state index in [0.29, 0.717) is 11.0 Å². The summed E-state index contributed by atoms with van der Waals surface area (Å²) in [7, 11) is 0. The fraction of sp³-hybridized carbons (Fsp3) is 0.643. The fourth-order valence-electron chi connectivity index (χ4n) is 2.89. The van der Waals surface area contributed by atoms with Crippen LogP contribution in [0.3, 0.4) is 0 Å². The molecule has 0 atom stereocenters. The Morgan fingerprint density at radius 3 is 2.47 bits per heavy atom. The summed E-state index contributed by atoms with van der Waals surface area (Å²) in [5.74, 6) is 0.866. The number of rotatable bonds is 4. The van der Waals surface area contributed by atoms with Crippen molar-refractivity contribution in [1.29, 1.82) is 0 Å². The molecule has 0 aromatic carbocycles. The molecule has 104 valence electrons. The van der Waals surface area contributed by atoms with Crippen molar-refractivity contribution in [2.45, 2.75) is 52.5 Å². The van der Waals surface area contributed by atoms with Crippen LogP contribution < -0.4 is 10.6 Å². The van der Waals surface area contributed by atoms with Crippen LogP contribution in [0.15, 0.2) is 0 Å². The van der Waals surface area contributed by atoms with E-state index in [2.05, 4.69) is 22.0 Å². The molecular formula is C14H22N4S. The average molecular weight is 278 g/mol. The molecule has 1 aromatic heterocycles. The second-order valence-electron chi connectivity index (χ2n) is 5.20. The summed E-state index contributed by atoms with van der Waals surface area (Å²) in [6.45, 7) is 7.03. The molecule has 0 amide bonds. The Hall–Kier alpha value is -1.23. The van der Waals surface area contributed by atoms with Gasteiger partial charge in [0.15, 0.2) is 5.82 Å². The Morgan fingerprint density at radius 1 is 1.32 bits per heavy atom. The van der Waals surface area contributed by atoms with Crippen LogP contribution in [0.5, 0.6) is 0 Å². The van der Waals surface area contributed by atoms with Crippen LogP contribution in [0.2, 0.25) is 0 Å². The summed E-state index contributed by atoms with van der Waals surface area (Å²) in [6, 6.07) is 0.550. The second-order valence-corrected chi connectivity index (χ2v) is 5.64. The number of hydrogen-bond acceptors (Lipinski definition) is 4. The van der Waals surface area contributed by atoms with E-state index in [-0.39, 0.29) is 0 Å². The zero-order valence-electron chi connectivity index (χ0n) is 11.9. The largest absolute Gasteiger partial charge is 0.389 e. The van der Waals surface area contributed by atoms with Gasteiger partial charge in [0.25, 0.3) is 0 Å². The van der Waals surface area contributed by atoms with Crippen molar-refractivity contribution in [2.24, 2.45) is 5.73 Å². The van der Waals surface area contributed by atoms with Crippen molar-refractivity contribution in [3.05, 3.63) is 16.8 Å². The smallest absolute Gasteiger partial charge is 0.162 e. The van der Waals surface area contributed by atoms with Gasteiger partial charge in [-0.1, -0.05) is 25.1 Å². The number of nitrogens with zero attached hydrogens (tertiary/aromatic N) is 3. The molecule has 0 spiro atoms. The van der Waals surface area contributed by atoms with Crippen LogP contribution in [0, 0.1) is 13.8 Å². The maximum absolute atomic E-state index is 5.91. The molecule has 0 radical (unpaired) electrons. The summed E-state index contributed by atoms with van der Waals surface area (Å²) in [5, 5.41) is 8.64. The lowest BCUT2D eigenvalue weighted by Gasteiger charge is -2.30. The van der Waals surface area contributed by atoms with Gasteiger partial charge in [-0.05, 0) is 39.2 Å². The normalized spacial score (nSPS) is 15.7. The molecular weight excluding hydrogens is 256 g/mol.